The number of ether oxygens (including phenoxy) is 1. The van der Waals surface area contributed by atoms with Crippen LogP contribution in [-0.4, -0.2) is 28.5 Å². The number of nitrogens with one attached hydrogen (secondary N) is 2. The van der Waals surface area contributed by atoms with E-state index in [0.717, 1.165) is 16.7 Å². The minimum atomic E-state index is -3.81. The molecule has 0 aliphatic rings. The normalized spacial score (nSPS) is 12.5. The van der Waals surface area contributed by atoms with E-state index in [1.165, 1.54) is 32.4 Å². The van der Waals surface area contributed by atoms with Crippen LogP contribution >= 0.6 is 0 Å². The summed E-state index contributed by atoms with van der Waals surface area (Å²) in [6, 6.07) is 9.67. The molecule has 0 heterocycles. The van der Waals surface area contributed by atoms with E-state index in [1.807, 2.05) is 32.0 Å². The van der Waals surface area contributed by atoms with E-state index in [0.29, 0.717) is 5.75 Å². The zero-order valence-electron chi connectivity index (χ0n) is 15.6. The standard InChI is InChI=1S/C19H24N2O4S/c1-12-6-8-16(13(2)10-12)14(3)21-26(23,24)15-7-9-18(25-5)17(11-15)19(22)20-4/h6-11,14,21H,1-5H3,(H,20,22). The van der Waals surface area contributed by atoms with Crippen LogP contribution in [0.2, 0.25) is 0 Å². The molecule has 1 atom stereocenters. The fraction of sp³-hybridized carbons (Fsp3) is 0.316. The first-order valence-electron chi connectivity index (χ1n) is 8.19. The predicted molar refractivity (Wildman–Crippen MR) is 101 cm³/mol. The van der Waals surface area contributed by atoms with E-state index >= 15 is 0 Å². The van der Waals surface area contributed by atoms with Crippen molar-refractivity contribution in [2.24, 2.45) is 0 Å². The van der Waals surface area contributed by atoms with E-state index in [1.54, 1.807) is 6.92 Å². The fourth-order valence-corrected chi connectivity index (χ4v) is 4.09. The third-order valence-electron chi connectivity index (χ3n) is 4.18. The van der Waals surface area contributed by atoms with Gasteiger partial charge in [-0.05, 0) is 50.1 Å². The summed E-state index contributed by atoms with van der Waals surface area (Å²) in [5, 5.41) is 2.48. The molecule has 0 aliphatic heterocycles. The second kappa shape index (κ2) is 7.88. The monoisotopic (exact) mass is 376 g/mol. The molecule has 26 heavy (non-hydrogen) atoms. The number of aryl methyl sites for hydroxylation is 2. The van der Waals surface area contributed by atoms with Gasteiger partial charge < -0.3 is 10.1 Å². The van der Waals surface area contributed by atoms with Gasteiger partial charge >= 0.3 is 0 Å². The maximum atomic E-state index is 12.8. The molecule has 0 spiro atoms. The Morgan fingerprint density at radius 2 is 1.81 bits per heavy atom. The lowest BCUT2D eigenvalue weighted by Gasteiger charge is -2.18. The van der Waals surface area contributed by atoms with Crippen LogP contribution in [-0.2, 0) is 10.0 Å². The quantitative estimate of drug-likeness (QED) is 0.812. The van der Waals surface area contributed by atoms with Gasteiger partial charge in [0.05, 0.1) is 17.6 Å². The fourth-order valence-electron chi connectivity index (χ4n) is 2.84. The Morgan fingerprint density at radius 3 is 2.38 bits per heavy atom. The number of benzene rings is 2. The Balaban J connectivity index is 2.36. The van der Waals surface area contributed by atoms with Crippen LogP contribution in [0.5, 0.6) is 5.75 Å². The lowest BCUT2D eigenvalue weighted by molar-refractivity contribution is 0.0960. The molecule has 2 N–H and O–H groups in total. The minimum absolute atomic E-state index is 0.00788. The van der Waals surface area contributed by atoms with Crippen LogP contribution in [0, 0.1) is 13.8 Å². The first kappa shape index (κ1) is 19.9. The summed E-state index contributed by atoms with van der Waals surface area (Å²) in [5.41, 5.74) is 3.20. The van der Waals surface area contributed by atoms with Gasteiger partial charge in [-0.25, -0.2) is 13.1 Å². The van der Waals surface area contributed by atoms with Crippen LogP contribution in [0.25, 0.3) is 0 Å². The third kappa shape index (κ3) is 4.23. The molecule has 0 aromatic heterocycles. The Hall–Kier alpha value is -2.38. The molecule has 140 valence electrons. The summed E-state index contributed by atoms with van der Waals surface area (Å²) >= 11 is 0. The highest BCUT2D eigenvalue weighted by Gasteiger charge is 2.22. The van der Waals surface area contributed by atoms with Gasteiger partial charge in [-0.2, -0.15) is 0 Å². The second-order valence-corrected chi connectivity index (χ2v) is 7.86. The maximum Gasteiger partial charge on any atom is 0.254 e. The van der Waals surface area contributed by atoms with Crippen LogP contribution in [0.1, 0.15) is 40.0 Å². The van der Waals surface area contributed by atoms with E-state index in [4.69, 9.17) is 4.74 Å². The van der Waals surface area contributed by atoms with Crippen LogP contribution < -0.4 is 14.8 Å². The summed E-state index contributed by atoms with van der Waals surface area (Å²) in [6.45, 7) is 5.73. The van der Waals surface area contributed by atoms with E-state index in [-0.39, 0.29) is 10.5 Å². The summed E-state index contributed by atoms with van der Waals surface area (Å²) in [4.78, 5) is 12.0. The lowest BCUT2D eigenvalue weighted by Crippen LogP contribution is -2.28. The number of sulfonamides is 1. The molecule has 1 amide bonds. The molecule has 0 fully saturated rings. The molecule has 0 saturated heterocycles. The number of carbonyl (C=O) groups excluding carboxylic acids is 1. The van der Waals surface area contributed by atoms with Crippen molar-refractivity contribution in [2.75, 3.05) is 14.2 Å². The van der Waals surface area contributed by atoms with Crippen molar-refractivity contribution in [3.63, 3.8) is 0 Å². The molecular formula is C19H24N2O4S. The Kier molecular flexibility index (Phi) is 6.05. The molecule has 2 rings (SSSR count). The summed E-state index contributed by atoms with van der Waals surface area (Å²) in [7, 11) is -0.907. The average molecular weight is 376 g/mol. The van der Waals surface area contributed by atoms with Crippen molar-refractivity contribution in [2.45, 2.75) is 31.7 Å². The molecule has 7 heteroatoms. The van der Waals surface area contributed by atoms with Gasteiger partial charge in [0.25, 0.3) is 5.91 Å². The largest absolute Gasteiger partial charge is 0.496 e. The SMILES string of the molecule is CNC(=O)c1cc(S(=O)(=O)NC(C)c2ccc(C)cc2C)ccc1OC. The van der Waals surface area contributed by atoms with Gasteiger partial charge in [0.2, 0.25) is 10.0 Å². The Bertz CT molecular complexity index is 923. The number of hydrogen-bond donors (Lipinski definition) is 2. The summed E-state index contributed by atoms with van der Waals surface area (Å²) in [6.07, 6.45) is 0. The average Bonchev–Trinajstić information content (AvgIpc) is 2.59. The van der Waals surface area contributed by atoms with Crippen LogP contribution in [0.4, 0.5) is 0 Å². The molecular weight excluding hydrogens is 352 g/mol. The second-order valence-electron chi connectivity index (χ2n) is 6.14. The van der Waals surface area contributed by atoms with E-state index in [2.05, 4.69) is 10.0 Å². The molecule has 2 aromatic rings. The van der Waals surface area contributed by atoms with Crippen molar-refractivity contribution in [1.29, 1.82) is 0 Å². The number of carbonyl (C=O) groups is 1. The first-order valence-corrected chi connectivity index (χ1v) is 9.67. The van der Waals surface area contributed by atoms with Crippen molar-refractivity contribution >= 4 is 15.9 Å². The zero-order chi connectivity index (χ0) is 19.5. The maximum absolute atomic E-state index is 12.8. The number of hydrogen-bond acceptors (Lipinski definition) is 4. The van der Waals surface area contributed by atoms with Crippen molar-refractivity contribution in [3.05, 3.63) is 58.7 Å². The highest BCUT2D eigenvalue weighted by atomic mass is 32.2. The summed E-state index contributed by atoms with van der Waals surface area (Å²) in [5.74, 6) is -0.105. The first-order chi connectivity index (χ1) is 12.2. The summed E-state index contributed by atoms with van der Waals surface area (Å²) < 4.78 is 33.4. The molecule has 1 unspecified atom stereocenters. The highest BCUT2D eigenvalue weighted by molar-refractivity contribution is 7.89. The van der Waals surface area contributed by atoms with E-state index in [9.17, 15) is 13.2 Å². The van der Waals surface area contributed by atoms with Crippen molar-refractivity contribution in [1.82, 2.24) is 10.0 Å². The van der Waals surface area contributed by atoms with E-state index < -0.39 is 22.0 Å². The van der Waals surface area contributed by atoms with Gasteiger partial charge in [0.1, 0.15) is 5.75 Å². The molecule has 0 bridgehead atoms. The molecule has 0 saturated carbocycles. The van der Waals surface area contributed by atoms with Gasteiger partial charge in [0, 0.05) is 13.1 Å². The number of rotatable bonds is 6. The molecule has 6 nitrogen and oxygen atoms in total. The van der Waals surface area contributed by atoms with Crippen molar-refractivity contribution in [3.8, 4) is 5.75 Å². The van der Waals surface area contributed by atoms with Gasteiger partial charge in [-0.1, -0.05) is 23.8 Å². The third-order valence-corrected chi connectivity index (χ3v) is 5.72. The predicted octanol–water partition coefficient (Wildman–Crippen LogP) is 2.71. The van der Waals surface area contributed by atoms with Crippen molar-refractivity contribution < 1.29 is 17.9 Å². The minimum Gasteiger partial charge on any atom is -0.496 e. The number of amides is 1. The number of methoxy groups -OCH3 is 1. The molecule has 2 aromatic carbocycles. The lowest BCUT2D eigenvalue weighted by atomic mass is 10.0. The molecule has 0 aliphatic carbocycles. The van der Waals surface area contributed by atoms with Crippen LogP contribution in [0.3, 0.4) is 0 Å². The molecule has 0 radical (unpaired) electrons. The van der Waals surface area contributed by atoms with Gasteiger partial charge in [0.15, 0.2) is 0 Å². The smallest absolute Gasteiger partial charge is 0.254 e. The van der Waals surface area contributed by atoms with Gasteiger partial charge in [-0.3, -0.25) is 4.79 Å². The highest BCUT2D eigenvalue weighted by Crippen LogP contribution is 2.25. The van der Waals surface area contributed by atoms with Gasteiger partial charge in [-0.15, -0.1) is 0 Å². The topological polar surface area (TPSA) is 84.5 Å². The van der Waals surface area contributed by atoms with Crippen LogP contribution in [0.15, 0.2) is 41.3 Å². The Morgan fingerprint density at radius 1 is 1.12 bits per heavy atom. The zero-order valence-corrected chi connectivity index (χ0v) is 16.4. The Labute approximate surface area is 154 Å².